The summed E-state index contributed by atoms with van der Waals surface area (Å²) in [6.45, 7) is 6.76. The van der Waals surface area contributed by atoms with Gasteiger partial charge in [-0.3, -0.25) is 4.79 Å². The van der Waals surface area contributed by atoms with Crippen molar-refractivity contribution < 1.29 is 13.2 Å². The van der Waals surface area contributed by atoms with Crippen LogP contribution in [-0.4, -0.2) is 31.7 Å². The van der Waals surface area contributed by atoms with Crippen molar-refractivity contribution in [3.63, 3.8) is 0 Å². The summed E-state index contributed by atoms with van der Waals surface area (Å²) in [4.78, 5) is 12.4. The van der Waals surface area contributed by atoms with E-state index in [4.69, 9.17) is 0 Å². The third kappa shape index (κ3) is 4.36. The van der Waals surface area contributed by atoms with Gasteiger partial charge in [-0.1, -0.05) is 32.8 Å². The first kappa shape index (κ1) is 18.9. The van der Waals surface area contributed by atoms with Crippen LogP contribution < -0.4 is 5.32 Å². The number of sulfonamides is 1. The van der Waals surface area contributed by atoms with Gasteiger partial charge in [0.15, 0.2) is 0 Å². The number of anilines is 1. The fourth-order valence-corrected chi connectivity index (χ4v) is 4.60. The predicted octanol–water partition coefficient (Wildman–Crippen LogP) is 3.54. The summed E-state index contributed by atoms with van der Waals surface area (Å²) in [6.07, 6.45) is 4.72. The van der Waals surface area contributed by atoms with Gasteiger partial charge in [0.1, 0.15) is 0 Å². The minimum Gasteiger partial charge on any atom is -0.326 e. The third-order valence-electron chi connectivity index (χ3n) is 4.70. The molecule has 0 radical (unpaired) electrons. The van der Waals surface area contributed by atoms with Gasteiger partial charge in [0.2, 0.25) is 15.9 Å². The van der Waals surface area contributed by atoms with Crippen LogP contribution in [0.5, 0.6) is 0 Å². The van der Waals surface area contributed by atoms with E-state index in [2.05, 4.69) is 5.32 Å². The molecule has 1 aromatic rings. The lowest BCUT2D eigenvalue weighted by Gasteiger charge is -2.21. The molecule has 1 aliphatic rings. The standard InChI is InChI=1S/C18H28N2O3S/c1-4-14(2)18(21)19-16-10-9-15(3)17(13-16)24(22,23)20-11-7-5-6-8-12-20/h9-10,13-14H,4-8,11-12H2,1-3H3,(H,19,21). The lowest BCUT2D eigenvalue weighted by molar-refractivity contribution is -0.119. The molecular formula is C18H28N2O3S. The lowest BCUT2D eigenvalue weighted by Crippen LogP contribution is -2.32. The van der Waals surface area contributed by atoms with Gasteiger partial charge in [0.25, 0.3) is 0 Å². The first-order valence-electron chi connectivity index (χ1n) is 8.78. The highest BCUT2D eigenvalue weighted by Gasteiger charge is 2.27. The molecule has 1 amide bonds. The molecule has 1 atom stereocenters. The summed E-state index contributed by atoms with van der Waals surface area (Å²) < 4.78 is 27.6. The SMILES string of the molecule is CCC(C)C(=O)Nc1ccc(C)c(S(=O)(=O)N2CCCCCC2)c1. The first-order chi connectivity index (χ1) is 11.4. The molecule has 1 aliphatic heterocycles. The number of hydrogen-bond donors (Lipinski definition) is 1. The molecule has 0 spiro atoms. The molecule has 0 aromatic heterocycles. The maximum atomic E-state index is 13.0. The number of nitrogens with zero attached hydrogens (tertiary/aromatic N) is 1. The number of rotatable bonds is 5. The van der Waals surface area contributed by atoms with E-state index in [9.17, 15) is 13.2 Å². The zero-order valence-electron chi connectivity index (χ0n) is 14.8. The van der Waals surface area contributed by atoms with Crippen LogP contribution >= 0.6 is 0 Å². The number of hydrogen-bond acceptors (Lipinski definition) is 3. The molecule has 24 heavy (non-hydrogen) atoms. The van der Waals surface area contributed by atoms with E-state index in [1.54, 1.807) is 29.4 Å². The Labute approximate surface area is 145 Å². The minimum atomic E-state index is -3.52. The molecule has 1 heterocycles. The van der Waals surface area contributed by atoms with Crippen molar-refractivity contribution in [2.24, 2.45) is 5.92 Å². The number of carbonyl (C=O) groups excluding carboxylic acids is 1. The normalized spacial score (nSPS) is 18.0. The Morgan fingerprint density at radius 1 is 1.21 bits per heavy atom. The van der Waals surface area contributed by atoms with Gasteiger partial charge in [-0.25, -0.2) is 8.42 Å². The van der Waals surface area contributed by atoms with E-state index in [1.807, 2.05) is 13.8 Å². The maximum Gasteiger partial charge on any atom is 0.243 e. The van der Waals surface area contributed by atoms with Crippen molar-refractivity contribution in [1.82, 2.24) is 4.31 Å². The number of aryl methyl sites for hydroxylation is 1. The summed E-state index contributed by atoms with van der Waals surface area (Å²) in [5, 5.41) is 2.83. The summed E-state index contributed by atoms with van der Waals surface area (Å²) in [5.41, 5.74) is 1.25. The Morgan fingerprint density at radius 2 is 1.83 bits per heavy atom. The van der Waals surface area contributed by atoms with Crippen molar-refractivity contribution in [1.29, 1.82) is 0 Å². The van der Waals surface area contributed by atoms with Gasteiger partial charge in [0, 0.05) is 24.7 Å². The molecule has 1 N–H and O–H groups in total. The second-order valence-corrected chi connectivity index (χ2v) is 8.50. The molecule has 134 valence electrons. The van der Waals surface area contributed by atoms with Gasteiger partial charge in [-0.05, 0) is 43.9 Å². The number of nitrogens with one attached hydrogen (secondary N) is 1. The molecule has 1 unspecified atom stereocenters. The van der Waals surface area contributed by atoms with Crippen LogP contribution in [0.3, 0.4) is 0 Å². The van der Waals surface area contributed by atoms with Crippen LogP contribution in [0.4, 0.5) is 5.69 Å². The van der Waals surface area contributed by atoms with E-state index in [0.29, 0.717) is 29.2 Å². The van der Waals surface area contributed by atoms with Crippen molar-refractivity contribution in [2.45, 2.75) is 57.8 Å². The van der Waals surface area contributed by atoms with Gasteiger partial charge in [0.05, 0.1) is 4.90 Å². The van der Waals surface area contributed by atoms with E-state index < -0.39 is 10.0 Å². The number of amides is 1. The van der Waals surface area contributed by atoms with Crippen LogP contribution in [0.15, 0.2) is 23.1 Å². The Kier molecular flexibility index (Phi) is 6.40. The summed E-state index contributed by atoms with van der Waals surface area (Å²) in [6, 6.07) is 5.11. The number of benzene rings is 1. The van der Waals surface area contributed by atoms with Crippen molar-refractivity contribution in [2.75, 3.05) is 18.4 Å². The highest BCUT2D eigenvalue weighted by Crippen LogP contribution is 2.26. The first-order valence-corrected chi connectivity index (χ1v) is 10.2. The summed E-state index contributed by atoms with van der Waals surface area (Å²) in [7, 11) is -3.52. The number of carbonyl (C=O) groups is 1. The zero-order valence-corrected chi connectivity index (χ0v) is 15.7. The molecule has 1 aromatic carbocycles. The molecule has 0 saturated carbocycles. The highest BCUT2D eigenvalue weighted by molar-refractivity contribution is 7.89. The van der Waals surface area contributed by atoms with E-state index in [0.717, 1.165) is 32.1 Å². The smallest absolute Gasteiger partial charge is 0.243 e. The average Bonchev–Trinajstić information content (AvgIpc) is 2.85. The molecule has 5 nitrogen and oxygen atoms in total. The molecule has 1 saturated heterocycles. The Bertz CT molecular complexity index is 678. The quantitative estimate of drug-likeness (QED) is 0.881. The topological polar surface area (TPSA) is 66.5 Å². The fraction of sp³-hybridized carbons (Fsp3) is 0.611. The Balaban J connectivity index is 2.28. The van der Waals surface area contributed by atoms with Gasteiger partial charge >= 0.3 is 0 Å². The van der Waals surface area contributed by atoms with Gasteiger partial charge < -0.3 is 5.32 Å². The summed E-state index contributed by atoms with van der Waals surface area (Å²) >= 11 is 0. The highest BCUT2D eigenvalue weighted by atomic mass is 32.2. The van der Waals surface area contributed by atoms with Crippen LogP contribution in [-0.2, 0) is 14.8 Å². The van der Waals surface area contributed by atoms with E-state index in [-0.39, 0.29) is 11.8 Å². The fourth-order valence-electron chi connectivity index (χ4n) is 2.83. The minimum absolute atomic E-state index is 0.0838. The molecule has 1 fully saturated rings. The van der Waals surface area contributed by atoms with Crippen molar-refractivity contribution in [3.8, 4) is 0 Å². The second kappa shape index (κ2) is 8.12. The monoisotopic (exact) mass is 352 g/mol. The maximum absolute atomic E-state index is 13.0. The van der Waals surface area contributed by atoms with Crippen molar-refractivity contribution in [3.05, 3.63) is 23.8 Å². The van der Waals surface area contributed by atoms with Gasteiger partial charge in [-0.15, -0.1) is 0 Å². The largest absolute Gasteiger partial charge is 0.326 e. The summed E-state index contributed by atoms with van der Waals surface area (Å²) in [5.74, 6) is -0.184. The second-order valence-electron chi connectivity index (χ2n) is 6.60. The third-order valence-corrected chi connectivity index (χ3v) is 6.74. The van der Waals surface area contributed by atoms with Crippen LogP contribution in [0.25, 0.3) is 0 Å². The van der Waals surface area contributed by atoms with E-state index in [1.165, 1.54) is 0 Å². The zero-order chi connectivity index (χ0) is 17.7. The Hall–Kier alpha value is -1.40. The van der Waals surface area contributed by atoms with Crippen LogP contribution in [0.2, 0.25) is 0 Å². The predicted molar refractivity (Wildman–Crippen MR) is 96.5 cm³/mol. The van der Waals surface area contributed by atoms with Gasteiger partial charge in [-0.2, -0.15) is 4.31 Å². The van der Waals surface area contributed by atoms with Crippen molar-refractivity contribution >= 4 is 21.6 Å². The molecular weight excluding hydrogens is 324 g/mol. The van der Waals surface area contributed by atoms with Crippen LogP contribution in [0, 0.1) is 12.8 Å². The molecule has 2 rings (SSSR count). The van der Waals surface area contributed by atoms with Crippen LogP contribution in [0.1, 0.15) is 51.5 Å². The Morgan fingerprint density at radius 3 is 2.42 bits per heavy atom. The molecule has 0 aliphatic carbocycles. The molecule has 0 bridgehead atoms. The lowest BCUT2D eigenvalue weighted by atomic mass is 10.1. The molecule has 6 heteroatoms. The average molecular weight is 353 g/mol. The van der Waals surface area contributed by atoms with E-state index >= 15 is 0 Å².